The summed E-state index contributed by atoms with van der Waals surface area (Å²) in [6.45, 7) is 0.817. The van der Waals surface area contributed by atoms with E-state index in [9.17, 15) is 0 Å². The maximum absolute atomic E-state index is 5.67. The van der Waals surface area contributed by atoms with Crippen LogP contribution in [0.2, 0.25) is 0 Å². The lowest BCUT2D eigenvalue weighted by atomic mass is 10.2. The molecule has 0 saturated carbocycles. The first-order valence-electron chi connectivity index (χ1n) is 5.22. The maximum atomic E-state index is 5.67. The smallest absolute Gasteiger partial charge is 0.152 e. The molecule has 0 aliphatic carbocycles. The Hall–Kier alpha value is -1.49. The molecule has 1 unspecified atom stereocenters. The van der Waals surface area contributed by atoms with Gasteiger partial charge in [0.15, 0.2) is 6.23 Å². The summed E-state index contributed by atoms with van der Waals surface area (Å²) in [5.74, 6) is 0. The van der Waals surface area contributed by atoms with Crippen molar-refractivity contribution in [2.75, 3.05) is 6.61 Å². The first kappa shape index (κ1) is 8.79. The molecule has 0 bridgehead atoms. The van der Waals surface area contributed by atoms with Gasteiger partial charge in [0, 0.05) is 12.8 Å². The Labute approximate surface area is 87.1 Å². The van der Waals surface area contributed by atoms with Gasteiger partial charge in [-0.3, -0.25) is 4.98 Å². The fourth-order valence-corrected chi connectivity index (χ4v) is 1.92. The van der Waals surface area contributed by atoms with Gasteiger partial charge in [-0.2, -0.15) is 0 Å². The summed E-state index contributed by atoms with van der Waals surface area (Å²) in [5.41, 5.74) is 1.82. The lowest BCUT2D eigenvalue weighted by Crippen LogP contribution is -2.19. The first-order valence-corrected chi connectivity index (χ1v) is 5.22. The summed E-state index contributed by atoms with van der Waals surface area (Å²) in [7, 11) is 0. The number of rotatable bonds is 1. The highest BCUT2D eigenvalue weighted by molar-refractivity contribution is 5.72. The number of hydrogen-bond acceptors (Lipinski definition) is 4. The molecule has 0 N–H and O–H groups in total. The van der Waals surface area contributed by atoms with Gasteiger partial charge in [0.25, 0.3) is 0 Å². The van der Waals surface area contributed by atoms with Crippen LogP contribution in [0.1, 0.15) is 25.5 Å². The number of fused-ring (bicyclic) bond motifs is 1. The summed E-state index contributed by atoms with van der Waals surface area (Å²) in [4.78, 5) is 4.01. The van der Waals surface area contributed by atoms with Crippen molar-refractivity contribution in [3.63, 3.8) is 0 Å². The van der Waals surface area contributed by atoms with Crippen LogP contribution < -0.4 is 0 Å². The van der Waals surface area contributed by atoms with Crippen LogP contribution in [-0.2, 0) is 4.74 Å². The second-order valence-corrected chi connectivity index (χ2v) is 3.72. The Kier molecular flexibility index (Phi) is 2.10. The van der Waals surface area contributed by atoms with Gasteiger partial charge in [0.05, 0.1) is 11.7 Å². The van der Waals surface area contributed by atoms with Crippen molar-refractivity contribution >= 4 is 11.0 Å². The largest absolute Gasteiger partial charge is 0.356 e. The van der Waals surface area contributed by atoms with Gasteiger partial charge in [-0.05, 0) is 25.3 Å². The molecule has 78 valence electrons. The molecule has 0 spiro atoms. The van der Waals surface area contributed by atoms with Crippen LogP contribution in [-0.4, -0.2) is 26.6 Å². The molecule has 15 heavy (non-hydrogen) atoms. The second-order valence-electron chi connectivity index (χ2n) is 3.72. The minimum atomic E-state index is 0.0474. The molecule has 1 aliphatic rings. The molecular weight excluding hydrogens is 192 g/mol. The zero-order chi connectivity index (χ0) is 10.1. The molecule has 1 atom stereocenters. The van der Waals surface area contributed by atoms with E-state index in [1.165, 1.54) is 6.42 Å². The number of nitrogens with zero attached hydrogens (tertiary/aromatic N) is 4. The molecule has 2 aromatic rings. The Morgan fingerprint density at radius 1 is 1.40 bits per heavy atom. The predicted molar refractivity (Wildman–Crippen MR) is 54.2 cm³/mol. The highest BCUT2D eigenvalue weighted by Crippen LogP contribution is 2.24. The summed E-state index contributed by atoms with van der Waals surface area (Å²) in [6.07, 6.45) is 6.88. The molecule has 3 heterocycles. The van der Waals surface area contributed by atoms with E-state index >= 15 is 0 Å². The number of ether oxygens (including phenoxy) is 1. The van der Waals surface area contributed by atoms with Crippen LogP contribution in [0.5, 0.6) is 0 Å². The third kappa shape index (κ3) is 1.48. The van der Waals surface area contributed by atoms with Gasteiger partial charge >= 0.3 is 0 Å². The van der Waals surface area contributed by atoms with Crippen molar-refractivity contribution in [3.8, 4) is 0 Å². The molecule has 1 saturated heterocycles. The third-order valence-corrected chi connectivity index (χ3v) is 2.70. The molecule has 2 aromatic heterocycles. The standard InChI is InChI=1S/C10H12N4O/c1-2-6-15-10(3-1)14-9-4-5-11-7-8(9)12-13-14/h4-5,7,10H,1-3,6H2. The van der Waals surface area contributed by atoms with Crippen LogP contribution in [0.3, 0.4) is 0 Å². The summed E-state index contributed by atoms with van der Waals surface area (Å²) < 4.78 is 7.53. The first-order chi connectivity index (χ1) is 7.45. The normalized spacial score (nSPS) is 22.0. The molecule has 5 nitrogen and oxygen atoms in total. The molecule has 1 fully saturated rings. The topological polar surface area (TPSA) is 52.8 Å². The zero-order valence-electron chi connectivity index (χ0n) is 8.33. The Morgan fingerprint density at radius 2 is 2.40 bits per heavy atom. The molecule has 0 aromatic carbocycles. The van der Waals surface area contributed by atoms with Gasteiger partial charge in [0.1, 0.15) is 5.52 Å². The average molecular weight is 204 g/mol. The molecule has 0 radical (unpaired) electrons. The van der Waals surface area contributed by atoms with E-state index < -0.39 is 0 Å². The van der Waals surface area contributed by atoms with Crippen molar-refractivity contribution in [3.05, 3.63) is 18.5 Å². The lowest BCUT2D eigenvalue weighted by molar-refractivity contribution is -0.0377. The molecule has 1 aliphatic heterocycles. The van der Waals surface area contributed by atoms with Gasteiger partial charge in [-0.1, -0.05) is 5.21 Å². The average Bonchev–Trinajstić information content (AvgIpc) is 2.74. The molecular formula is C10H12N4O. The van der Waals surface area contributed by atoms with Crippen molar-refractivity contribution in [1.82, 2.24) is 20.0 Å². The fraction of sp³-hybridized carbons (Fsp3) is 0.500. The highest BCUT2D eigenvalue weighted by atomic mass is 16.5. The van der Waals surface area contributed by atoms with Crippen molar-refractivity contribution < 1.29 is 4.74 Å². The van der Waals surface area contributed by atoms with Crippen molar-refractivity contribution in [1.29, 1.82) is 0 Å². The van der Waals surface area contributed by atoms with Gasteiger partial charge in [0.2, 0.25) is 0 Å². The highest BCUT2D eigenvalue weighted by Gasteiger charge is 2.18. The quantitative estimate of drug-likeness (QED) is 0.706. The Morgan fingerprint density at radius 3 is 3.27 bits per heavy atom. The molecule has 0 amide bonds. The van der Waals surface area contributed by atoms with Crippen molar-refractivity contribution in [2.45, 2.75) is 25.5 Å². The monoisotopic (exact) mass is 204 g/mol. The number of pyridine rings is 1. The van der Waals surface area contributed by atoms with Gasteiger partial charge in [-0.25, -0.2) is 4.68 Å². The van der Waals surface area contributed by atoms with E-state index in [0.717, 1.165) is 30.5 Å². The van der Waals surface area contributed by atoms with E-state index in [2.05, 4.69) is 15.3 Å². The fourth-order valence-electron chi connectivity index (χ4n) is 1.92. The lowest BCUT2D eigenvalue weighted by Gasteiger charge is -2.22. The number of aromatic nitrogens is 4. The molecule has 5 heteroatoms. The van der Waals surface area contributed by atoms with Crippen molar-refractivity contribution in [2.24, 2.45) is 0 Å². The third-order valence-electron chi connectivity index (χ3n) is 2.70. The maximum Gasteiger partial charge on any atom is 0.152 e. The van der Waals surface area contributed by atoms with E-state index in [0.29, 0.717) is 0 Å². The van der Waals surface area contributed by atoms with E-state index in [1.807, 2.05) is 10.7 Å². The molecule has 3 rings (SSSR count). The minimum absolute atomic E-state index is 0.0474. The number of hydrogen-bond donors (Lipinski definition) is 0. The van der Waals surface area contributed by atoms with Crippen LogP contribution in [0, 0.1) is 0 Å². The van der Waals surface area contributed by atoms with Crippen LogP contribution in [0.25, 0.3) is 11.0 Å². The van der Waals surface area contributed by atoms with Gasteiger partial charge < -0.3 is 4.74 Å². The Bertz CT molecular complexity index is 461. The predicted octanol–water partition coefficient (Wildman–Crippen LogP) is 1.53. The Balaban J connectivity index is 2.02. The van der Waals surface area contributed by atoms with E-state index in [4.69, 9.17) is 4.74 Å². The summed E-state index contributed by atoms with van der Waals surface area (Å²) in [6, 6.07) is 1.92. The minimum Gasteiger partial charge on any atom is -0.356 e. The SMILES string of the molecule is c1cc2c(cn1)nnn2C1CCCCO1. The van der Waals surface area contributed by atoms with E-state index in [1.54, 1.807) is 12.4 Å². The van der Waals surface area contributed by atoms with Crippen LogP contribution in [0.15, 0.2) is 18.5 Å². The second kappa shape index (κ2) is 3.58. The van der Waals surface area contributed by atoms with E-state index in [-0.39, 0.29) is 6.23 Å². The van der Waals surface area contributed by atoms with Crippen LogP contribution >= 0.6 is 0 Å². The zero-order valence-corrected chi connectivity index (χ0v) is 8.33. The van der Waals surface area contributed by atoms with Crippen LogP contribution in [0.4, 0.5) is 0 Å². The summed E-state index contributed by atoms with van der Waals surface area (Å²) in [5, 5.41) is 8.18. The van der Waals surface area contributed by atoms with Gasteiger partial charge in [-0.15, -0.1) is 5.10 Å². The summed E-state index contributed by atoms with van der Waals surface area (Å²) >= 11 is 0.